The zero-order chi connectivity index (χ0) is 16.4. The van der Waals surface area contributed by atoms with Crippen LogP contribution >= 0.6 is 0 Å². The maximum atomic E-state index is 5.85. The summed E-state index contributed by atoms with van der Waals surface area (Å²) in [5.41, 5.74) is 13.0. The molecular weight excluding hydrogens is 294 g/mol. The van der Waals surface area contributed by atoms with Crippen molar-refractivity contribution in [1.82, 2.24) is 10.2 Å². The van der Waals surface area contributed by atoms with E-state index in [0.717, 1.165) is 28.2 Å². The van der Waals surface area contributed by atoms with Crippen LogP contribution in [-0.2, 0) is 0 Å². The SMILES string of the molecule is Nc1cccc(-c2cc(-c3ccc(-c4ccccc4)cc3)[nH]n2)c1. The van der Waals surface area contributed by atoms with E-state index in [1.54, 1.807) is 0 Å². The van der Waals surface area contributed by atoms with E-state index < -0.39 is 0 Å². The lowest BCUT2D eigenvalue weighted by Gasteiger charge is -2.03. The number of hydrogen-bond acceptors (Lipinski definition) is 2. The molecule has 0 spiro atoms. The third-order valence-electron chi connectivity index (χ3n) is 4.06. The summed E-state index contributed by atoms with van der Waals surface area (Å²) in [6, 6.07) is 28.6. The summed E-state index contributed by atoms with van der Waals surface area (Å²) in [7, 11) is 0. The highest BCUT2D eigenvalue weighted by molar-refractivity contribution is 5.72. The lowest BCUT2D eigenvalue weighted by Crippen LogP contribution is -1.84. The van der Waals surface area contributed by atoms with Gasteiger partial charge in [-0.3, -0.25) is 5.10 Å². The Bertz CT molecular complexity index is 954. The highest BCUT2D eigenvalue weighted by atomic mass is 15.1. The van der Waals surface area contributed by atoms with Gasteiger partial charge in [0.2, 0.25) is 0 Å². The van der Waals surface area contributed by atoms with Crippen LogP contribution in [-0.4, -0.2) is 10.2 Å². The van der Waals surface area contributed by atoms with Gasteiger partial charge in [0, 0.05) is 11.3 Å². The number of rotatable bonds is 3. The van der Waals surface area contributed by atoms with Crippen molar-refractivity contribution in [2.75, 3.05) is 5.73 Å². The normalized spacial score (nSPS) is 10.7. The van der Waals surface area contributed by atoms with E-state index in [-0.39, 0.29) is 0 Å². The highest BCUT2D eigenvalue weighted by Crippen LogP contribution is 2.27. The van der Waals surface area contributed by atoms with Crippen LogP contribution in [0.15, 0.2) is 84.9 Å². The van der Waals surface area contributed by atoms with Gasteiger partial charge in [0.15, 0.2) is 0 Å². The lowest BCUT2D eigenvalue weighted by molar-refractivity contribution is 1.10. The molecule has 0 aliphatic carbocycles. The maximum Gasteiger partial charge on any atom is 0.0927 e. The number of anilines is 1. The number of aromatic amines is 1. The van der Waals surface area contributed by atoms with E-state index in [1.807, 2.05) is 36.4 Å². The Morgan fingerprint density at radius 3 is 2.04 bits per heavy atom. The zero-order valence-electron chi connectivity index (χ0n) is 13.1. The predicted octanol–water partition coefficient (Wildman–Crippen LogP) is 4.99. The van der Waals surface area contributed by atoms with Crippen LogP contribution in [0.2, 0.25) is 0 Å². The second-order valence-electron chi connectivity index (χ2n) is 5.74. The fraction of sp³-hybridized carbons (Fsp3) is 0. The van der Waals surface area contributed by atoms with Gasteiger partial charge in [0.1, 0.15) is 0 Å². The third kappa shape index (κ3) is 2.79. The smallest absolute Gasteiger partial charge is 0.0927 e. The van der Waals surface area contributed by atoms with Crippen LogP contribution in [0.1, 0.15) is 0 Å². The molecular formula is C21H17N3. The summed E-state index contributed by atoms with van der Waals surface area (Å²) in [4.78, 5) is 0. The van der Waals surface area contributed by atoms with Gasteiger partial charge in [0.05, 0.1) is 11.4 Å². The third-order valence-corrected chi connectivity index (χ3v) is 4.06. The monoisotopic (exact) mass is 311 g/mol. The van der Waals surface area contributed by atoms with E-state index >= 15 is 0 Å². The zero-order valence-corrected chi connectivity index (χ0v) is 13.1. The molecule has 0 aliphatic heterocycles. The quantitative estimate of drug-likeness (QED) is 0.523. The van der Waals surface area contributed by atoms with Crippen molar-refractivity contribution in [1.29, 1.82) is 0 Å². The molecule has 3 nitrogen and oxygen atoms in total. The standard InChI is InChI=1S/C21H17N3/c22-19-8-4-7-18(13-19)21-14-20(23-24-21)17-11-9-16(10-12-17)15-5-2-1-3-6-15/h1-14H,22H2,(H,23,24). The molecule has 0 amide bonds. The fourth-order valence-electron chi connectivity index (χ4n) is 2.79. The first-order valence-electron chi connectivity index (χ1n) is 7.87. The molecule has 3 heteroatoms. The molecule has 0 saturated carbocycles. The van der Waals surface area contributed by atoms with E-state index in [0.29, 0.717) is 0 Å². The molecule has 3 N–H and O–H groups in total. The van der Waals surface area contributed by atoms with Crippen LogP contribution in [0.3, 0.4) is 0 Å². The molecule has 4 aromatic rings. The number of nitrogens with zero attached hydrogens (tertiary/aromatic N) is 1. The first-order chi connectivity index (χ1) is 11.8. The van der Waals surface area contributed by atoms with E-state index in [9.17, 15) is 0 Å². The largest absolute Gasteiger partial charge is 0.399 e. The Labute approximate surface area is 140 Å². The number of benzene rings is 3. The highest BCUT2D eigenvalue weighted by Gasteiger charge is 2.06. The Kier molecular flexibility index (Phi) is 3.60. The summed E-state index contributed by atoms with van der Waals surface area (Å²) in [5.74, 6) is 0. The Balaban J connectivity index is 1.63. The van der Waals surface area contributed by atoms with Gasteiger partial charge in [-0.25, -0.2) is 0 Å². The number of nitrogens with two attached hydrogens (primary N) is 1. The molecule has 4 rings (SSSR count). The summed E-state index contributed by atoms with van der Waals surface area (Å²) in [6.45, 7) is 0. The summed E-state index contributed by atoms with van der Waals surface area (Å²) in [6.07, 6.45) is 0. The second kappa shape index (κ2) is 6.05. The molecule has 1 aromatic heterocycles. The summed E-state index contributed by atoms with van der Waals surface area (Å²) >= 11 is 0. The minimum Gasteiger partial charge on any atom is -0.399 e. The molecule has 0 unspecified atom stereocenters. The van der Waals surface area contributed by atoms with Gasteiger partial charge in [0.25, 0.3) is 0 Å². The first-order valence-corrected chi connectivity index (χ1v) is 7.87. The number of nitrogens with one attached hydrogen (secondary N) is 1. The first kappa shape index (κ1) is 14.3. The van der Waals surface area contributed by atoms with Crippen molar-refractivity contribution in [3.05, 3.63) is 84.9 Å². The van der Waals surface area contributed by atoms with Crippen molar-refractivity contribution in [2.24, 2.45) is 0 Å². The molecule has 0 atom stereocenters. The van der Waals surface area contributed by atoms with E-state index in [2.05, 4.69) is 58.7 Å². The van der Waals surface area contributed by atoms with Crippen molar-refractivity contribution < 1.29 is 0 Å². The average Bonchev–Trinajstić information content (AvgIpc) is 3.13. The Morgan fingerprint density at radius 1 is 0.625 bits per heavy atom. The van der Waals surface area contributed by atoms with Crippen LogP contribution in [0.25, 0.3) is 33.6 Å². The van der Waals surface area contributed by atoms with Crippen molar-refractivity contribution in [3.8, 4) is 33.6 Å². The van der Waals surface area contributed by atoms with E-state index in [4.69, 9.17) is 5.73 Å². The minimum atomic E-state index is 0.740. The summed E-state index contributed by atoms with van der Waals surface area (Å²) in [5, 5.41) is 7.51. The molecule has 116 valence electrons. The Hall–Kier alpha value is -3.33. The van der Waals surface area contributed by atoms with Crippen molar-refractivity contribution in [3.63, 3.8) is 0 Å². The van der Waals surface area contributed by atoms with Crippen molar-refractivity contribution in [2.45, 2.75) is 0 Å². The average molecular weight is 311 g/mol. The van der Waals surface area contributed by atoms with Crippen LogP contribution in [0, 0.1) is 0 Å². The Morgan fingerprint density at radius 2 is 1.29 bits per heavy atom. The minimum absolute atomic E-state index is 0.740. The van der Waals surface area contributed by atoms with E-state index in [1.165, 1.54) is 11.1 Å². The number of H-pyrrole nitrogens is 1. The number of aromatic nitrogens is 2. The molecule has 0 fully saturated rings. The van der Waals surface area contributed by atoms with Crippen LogP contribution in [0.4, 0.5) is 5.69 Å². The molecule has 3 aromatic carbocycles. The van der Waals surface area contributed by atoms with Gasteiger partial charge in [-0.1, -0.05) is 66.7 Å². The maximum absolute atomic E-state index is 5.85. The molecule has 0 radical (unpaired) electrons. The van der Waals surface area contributed by atoms with Crippen LogP contribution < -0.4 is 5.73 Å². The predicted molar refractivity (Wildman–Crippen MR) is 99.3 cm³/mol. The van der Waals surface area contributed by atoms with Crippen molar-refractivity contribution >= 4 is 5.69 Å². The van der Waals surface area contributed by atoms with Gasteiger partial charge in [-0.2, -0.15) is 5.10 Å². The number of hydrogen-bond donors (Lipinski definition) is 2. The van der Waals surface area contributed by atoms with Gasteiger partial charge >= 0.3 is 0 Å². The fourth-order valence-corrected chi connectivity index (χ4v) is 2.79. The van der Waals surface area contributed by atoms with Crippen LogP contribution in [0.5, 0.6) is 0 Å². The molecule has 0 bridgehead atoms. The van der Waals surface area contributed by atoms with Gasteiger partial charge in [-0.15, -0.1) is 0 Å². The van der Waals surface area contributed by atoms with Gasteiger partial charge < -0.3 is 5.73 Å². The van der Waals surface area contributed by atoms with Gasteiger partial charge in [-0.05, 0) is 34.9 Å². The topological polar surface area (TPSA) is 54.7 Å². The molecule has 0 aliphatic rings. The molecule has 1 heterocycles. The second-order valence-corrected chi connectivity index (χ2v) is 5.74. The number of nitrogen functional groups attached to an aromatic ring is 1. The summed E-state index contributed by atoms with van der Waals surface area (Å²) < 4.78 is 0. The molecule has 24 heavy (non-hydrogen) atoms. The molecule has 0 saturated heterocycles. The lowest BCUT2D eigenvalue weighted by atomic mass is 10.0.